The summed E-state index contributed by atoms with van der Waals surface area (Å²) in [6, 6.07) is 27.1. The number of hydrogen-bond acceptors (Lipinski definition) is 2. The molecule has 0 saturated carbocycles. The first-order chi connectivity index (χ1) is 13.2. The highest BCUT2D eigenvalue weighted by Crippen LogP contribution is 2.22. The van der Waals surface area contributed by atoms with Crippen LogP contribution in [0.25, 0.3) is 11.0 Å². The Morgan fingerprint density at radius 3 is 2.30 bits per heavy atom. The lowest BCUT2D eigenvalue weighted by atomic mass is 10.0. The van der Waals surface area contributed by atoms with Gasteiger partial charge in [-0.1, -0.05) is 68.4 Å². The van der Waals surface area contributed by atoms with Crippen LogP contribution in [0, 0.1) is 0 Å². The van der Waals surface area contributed by atoms with Crippen molar-refractivity contribution in [2.45, 2.75) is 32.9 Å². The summed E-state index contributed by atoms with van der Waals surface area (Å²) in [6.45, 7) is 5.62. The topological polar surface area (TPSA) is 27.1 Å². The number of fused-ring (bicyclic) bond motifs is 1. The first-order valence-electron chi connectivity index (χ1n) is 9.41. The smallest absolute Gasteiger partial charge is 0.148 e. The maximum atomic E-state index is 6.05. The van der Waals surface area contributed by atoms with Gasteiger partial charge in [0.25, 0.3) is 0 Å². The lowest BCUT2D eigenvalue weighted by Gasteiger charge is -2.11. The van der Waals surface area contributed by atoms with Gasteiger partial charge in [0.1, 0.15) is 18.2 Å². The van der Waals surface area contributed by atoms with Crippen LogP contribution in [0.5, 0.6) is 5.75 Å². The number of aromatic nitrogens is 2. The fourth-order valence-corrected chi connectivity index (χ4v) is 3.27. The average Bonchev–Trinajstić information content (AvgIpc) is 3.05. The number of hydrogen-bond donors (Lipinski definition) is 0. The van der Waals surface area contributed by atoms with Crippen LogP contribution in [-0.4, -0.2) is 9.55 Å². The standard InChI is InChI=1S/C24H24N2O/c1-18(2)20-12-14-21(15-13-20)27-17-24-25-22-10-6-7-11-23(22)26(24)16-19-8-4-3-5-9-19/h3-15,18H,16-17H2,1-2H3. The molecule has 0 amide bonds. The predicted molar refractivity (Wildman–Crippen MR) is 110 cm³/mol. The zero-order chi connectivity index (χ0) is 18.6. The molecule has 3 heteroatoms. The Bertz CT molecular complexity index is 1020. The summed E-state index contributed by atoms with van der Waals surface area (Å²) in [7, 11) is 0. The highest BCUT2D eigenvalue weighted by molar-refractivity contribution is 5.76. The van der Waals surface area contributed by atoms with Gasteiger partial charge in [0.2, 0.25) is 0 Å². The molecule has 0 spiro atoms. The summed E-state index contributed by atoms with van der Waals surface area (Å²) < 4.78 is 8.29. The second-order valence-corrected chi connectivity index (χ2v) is 7.10. The van der Waals surface area contributed by atoms with Crippen molar-refractivity contribution in [3.63, 3.8) is 0 Å². The quantitative estimate of drug-likeness (QED) is 0.437. The molecule has 0 bridgehead atoms. The van der Waals surface area contributed by atoms with E-state index in [9.17, 15) is 0 Å². The molecule has 4 aromatic rings. The summed E-state index contributed by atoms with van der Waals surface area (Å²) >= 11 is 0. The van der Waals surface area contributed by atoms with E-state index in [1.54, 1.807) is 0 Å². The Hall–Kier alpha value is -3.07. The first-order valence-corrected chi connectivity index (χ1v) is 9.41. The van der Waals surface area contributed by atoms with Gasteiger partial charge in [-0.25, -0.2) is 4.98 Å². The van der Waals surface area contributed by atoms with Crippen LogP contribution in [0.1, 0.15) is 36.7 Å². The molecule has 0 N–H and O–H groups in total. The molecule has 0 saturated heterocycles. The van der Waals surface area contributed by atoms with Crippen molar-refractivity contribution in [1.29, 1.82) is 0 Å². The highest BCUT2D eigenvalue weighted by Gasteiger charge is 2.11. The molecule has 4 rings (SSSR count). The molecule has 0 fully saturated rings. The third kappa shape index (κ3) is 3.87. The van der Waals surface area contributed by atoms with Crippen LogP contribution >= 0.6 is 0 Å². The van der Waals surface area contributed by atoms with Crippen molar-refractivity contribution >= 4 is 11.0 Å². The molecule has 1 heterocycles. The zero-order valence-corrected chi connectivity index (χ0v) is 15.8. The average molecular weight is 356 g/mol. The van der Waals surface area contributed by atoms with Crippen molar-refractivity contribution in [1.82, 2.24) is 9.55 Å². The molecule has 3 nitrogen and oxygen atoms in total. The molecule has 0 aliphatic heterocycles. The fraction of sp³-hybridized carbons (Fsp3) is 0.208. The number of rotatable bonds is 6. The summed E-state index contributed by atoms with van der Waals surface area (Å²) in [4.78, 5) is 4.81. The van der Waals surface area contributed by atoms with E-state index < -0.39 is 0 Å². The summed E-state index contributed by atoms with van der Waals surface area (Å²) in [5, 5.41) is 0. The summed E-state index contributed by atoms with van der Waals surface area (Å²) in [5.41, 5.74) is 4.71. The third-order valence-corrected chi connectivity index (χ3v) is 4.83. The van der Waals surface area contributed by atoms with E-state index in [1.807, 2.05) is 24.3 Å². The zero-order valence-electron chi connectivity index (χ0n) is 15.8. The molecule has 0 atom stereocenters. The first kappa shape index (κ1) is 17.3. The predicted octanol–water partition coefficient (Wildman–Crippen LogP) is 5.79. The number of ether oxygens (including phenoxy) is 1. The minimum absolute atomic E-state index is 0.447. The van der Waals surface area contributed by atoms with Gasteiger partial charge in [0, 0.05) is 6.54 Å². The van der Waals surface area contributed by atoms with Gasteiger partial charge in [-0.2, -0.15) is 0 Å². The Labute approximate surface area is 160 Å². The van der Waals surface area contributed by atoms with E-state index in [2.05, 4.69) is 73.0 Å². The van der Waals surface area contributed by atoms with Crippen molar-refractivity contribution < 1.29 is 4.74 Å². The van der Waals surface area contributed by atoms with E-state index in [0.717, 1.165) is 29.2 Å². The maximum absolute atomic E-state index is 6.05. The van der Waals surface area contributed by atoms with Crippen LogP contribution < -0.4 is 4.74 Å². The monoisotopic (exact) mass is 356 g/mol. The van der Waals surface area contributed by atoms with Crippen molar-refractivity contribution in [2.75, 3.05) is 0 Å². The number of para-hydroxylation sites is 2. The molecular formula is C24H24N2O. The van der Waals surface area contributed by atoms with Crippen LogP contribution in [0.4, 0.5) is 0 Å². The number of nitrogens with zero attached hydrogens (tertiary/aromatic N) is 2. The SMILES string of the molecule is CC(C)c1ccc(OCc2nc3ccccc3n2Cc2ccccc2)cc1. The van der Waals surface area contributed by atoms with E-state index in [-0.39, 0.29) is 0 Å². The van der Waals surface area contributed by atoms with Crippen molar-refractivity contribution in [2.24, 2.45) is 0 Å². The highest BCUT2D eigenvalue weighted by atomic mass is 16.5. The maximum Gasteiger partial charge on any atom is 0.148 e. The van der Waals surface area contributed by atoms with Crippen LogP contribution in [0.15, 0.2) is 78.9 Å². The fourth-order valence-electron chi connectivity index (χ4n) is 3.27. The number of imidazole rings is 1. The van der Waals surface area contributed by atoms with Crippen LogP contribution in [-0.2, 0) is 13.2 Å². The normalized spacial score (nSPS) is 11.2. The van der Waals surface area contributed by atoms with Gasteiger partial charge >= 0.3 is 0 Å². The third-order valence-electron chi connectivity index (χ3n) is 4.83. The Morgan fingerprint density at radius 2 is 1.56 bits per heavy atom. The van der Waals surface area contributed by atoms with Gasteiger partial charge < -0.3 is 9.30 Å². The largest absolute Gasteiger partial charge is 0.486 e. The van der Waals surface area contributed by atoms with Gasteiger partial charge in [-0.15, -0.1) is 0 Å². The van der Waals surface area contributed by atoms with Gasteiger partial charge in [0.15, 0.2) is 0 Å². The Balaban J connectivity index is 1.60. The Kier molecular flexibility index (Phi) is 4.93. The second kappa shape index (κ2) is 7.67. The van der Waals surface area contributed by atoms with Gasteiger partial charge in [-0.3, -0.25) is 0 Å². The molecule has 1 aromatic heterocycles. The van der Waals surface area contributed by atoms with Crippen LogP contribution in [0.2, 0.25) is 0 Å². The van der Waals surface area contributed by atoms with Crippen LogP contribution in [0.3, 0.4) is 0 Å². The molecule has 0 radical (unpaired) electrons. The molecule has 136 valence electrons. The van der Waals surface area contributed by atoms with E-state index >= 15 is 0 Å². The van der Waals surface area contributed by atoms with Gasteiger partial charge in [0.05, 0.1) is 11.0 Å². The minimum atomic E-state index is 0.447. The van der Waals surface area contributed by atoms with E-state index in [4.69, 9.17) is 9.72 Å². The lowest BCUT2D eigenvalue weighted by Crippen LogP contribution is -2.08. The Morgan fingerprint density at radius 1 is 0.852 bits per heavy atom. The molecule has 27 heavy (non-hydrogen) atoms. The molecule has 0 aliphatic rings. The molecule has 0 aliphatic carbocycles. The summed E-state index contributed by atoms with van der Waals surface area (Å²) in [5.74, 6) is 2.33. The molecule has 0 unspecified atom stereocenters. The summed E-state index contributed by atoms with van der Waals surface area (Å²) in [6.07, 6.45) is 0. The minimum Gasteiger partial charge on any atom is -0.486 e. The molecule has 3 aromatic carbocycles. The van der Waals surface area contributed by atoms with Crippen molar-refractivity contribution in [3.05, 3.63) is 95.8 Å². The second-order valence-electron chi connectivity index (χ2n) is 7.10. The van der Waals surface area contributed by atoms with Crippen molar-refractivity contribution in [3.8, 4) is 5.75 Å². The lowest BCUT2D eigenvalue weighted by molar-refractivity contribution is 0.291. The van der Waals surface area contributed by atoms with Gasteiger partial charge in [-0.05, 0) is 41.3 Å². The van der Waals surface area contributed by atoms with E-state index in [1.165, 1.54) is 11.1 Å². The molecular weight excluding hydrogens is 332 g/mol. The van der Waals surface area contributed by atoms with E-state index in [0.29, 0.717) is 12.5 Å². The number of benzene rings is 3.